The molecule has 1 N–H and O–H groups in total. The first-order chi connectivity index (χ1) is 12.2. The van der Waals surface area contributed by atoms with E-state index in [4.69, 9.17) is 25.9 Å². The molecule has 0 unspecified atom stereocenters. The molecule has 5 heteroatoms. The third-order valence-electron chi connectivity index (χ3n) is 3.78. The summed E-state index contributed by atoms with van der Waals surface area (Å²) in [4.78, 5) is 4.66. The van der Waals surface area contributed by atoms with Crippen molar-refractivity contribution in [3.63, 3.8) is 0 Å². The second-order valence-electron chi connectivity index (χ2n) is 5.72. The van der Waals surface area contributed by atoms with Crippen LogP contribution in [-0.2, 0) is 4.74 Å². The van der Waals surface area contributed by atoms with Crippen molar-refractivity contribution >= 4 is 22.6 Å². The van der Waals surface area contributed by atoms with Crippen LogP contribution in [0.3, 0.4) is 0 Å². The van der Waals surface area contributed by atoms with E-state index in [2.05, 4.69) is 11.1 Å². The molecule has 1 heterocycles. The van der Waals surface area contributed by atoms with Gasteiger partial charge < -0.3 is 14.3 Å². The number of aliphatic hydroxyl groups is 1. The zero-order valence-corrected chi connectivity index (χ0v) is 14.8. The Morgan fingerprint density at radius 3 is 2.64 bits per heavy atom. The van der Waals surface area contributed by atoms with Crippen LogP contribution in [0.2, 0.25) is 5.02 Å². The zero-order valence-electron chi connectivity index (χ0n) is 14.0. The van der Waals surface area contributed by atoms with Gasteiger partial charge >= 0.3 is 0 Å². The third-order valence-corrected chi connectivity index (χ3v) is 4.03. The molecule has 25 heavy (non-hydrogen) atoms. The first kappa shape index (κ1) is 17.7. The Morgan fingerprint density at radius 1 is 1.08 bits per heavy atom. The predicted molar refractivity (Wildman–Crippen MR) is 99.7 cm³/mol. The number of ether oxygens (including phenoxy) is 1. The van der Waals surface area contributed by atoms with E-state index >= 15 is 0 Å². The number of hydrogen-bond acceptors (Lipinski definition) is 4. The van der Waals surface area contributed by atoms with Crippen LogP contribution in [0.1, 0.15) is 5.56 Å². The number of benzene rings is 2. The summed E-state index contributed by atoms with van der Waals surface area (Å²) < 4.78 is 11.3. The van der Waals surface area contributed by atoms with Crippen molar-refractivity contribution in [1.82, 2.24) is 0 Å². The van der Waals surface area contributed by atoms with Crippen LogP contribution < -0.4 is 5.36 Å². The van der Waals surface area contributed by atoms with Gasteiger partial charge in [0.1, 0.15) is 11.3 Å². The van der Waals surface area contributed by atoms with Gasteiger partial charge in [0, 0.05) is 22.0 Å². The first-order valence-corrected chi connectivity index (χ1v) is 8.55. The standard InChI is InChI=1S/C20H20ClNO3/c1-14-2-7-19-17(12-14)18(22-8-10-24-11-9-23)13-20(25-19)15-3-5-16(21)6-4-15/h2-7,12-13,23H,8-11H2,1H3. The Bertz CT molecular complexity index is 916. The van der Waals surface area contributed by atoms with Gasteiger partial charge in [0.25, 0.3) is 0 Å². The van der Waals surface area contributed by atoms with Gasteiger partial charge in [-0.1, -0.05) is 23.2 Å². The number of hydrogen-bond donors (Lipinski definition) is 1. The Balaban J connectivity index is 2.03. The van der Waals surface area contributed by atoms with E-state index in [1.807, 2.05) is 49.4 Å². The quantitative estimate of drug-likeness (QED) is 0.679. The lowest BCUT2D eigenvalue weighted by molar-refractivity contribution is 0.0975. The largest absolute Gasteiger partial charge is 0.456 e. The molecule has 0 saturated carbocycles. The van der Waals surface area contributed by atoms with Gasteiger partial charge in [-0.15, -0.1) is 0 Å². The number of fused-ring (bicyclic) bond motifs is 1. The normalized spacial score (nSPS) is 12.0. The Kier molecular flexibility index (Phi) is 5.87. The summed E-state index contributed by atoms with van der Waals surface area (Å²) in [6.07, 6.45) is 0. The van der Waals surface area contributed by atoms with Gasteiger partial charge in [0.2, 0.25) is 0 Å². The van der Waals surface area contributed by atoms with Gasteiger partial charge in [-0.25, -0.2) is 0 Å². The second-order valence-corrected chi connectivity index (χ2v) is 6.16. The molecule has 0 saturated heterocycles. The second kappa shape index (κ2) is 8.30. The fourth-order valence-corrected chi connectivity index (χ4v) is 2.69. The molecule has 130 valence electrons. The van der Waals surface area contributed by atoms with Crippen molar-refractivity contribution < 1.29 is 14.3 Å². The molecular formula is C20H20ClNO3. The maximum atomic E-state index is 8.76. The number of aliphatic hydroxyl groups excluding tert-OH is 1. The average Bonchev–Trinajstić information content (AvgIpc) is 2.62. The maximum Gasteiger partial charge on any atom is 0.136 e. The van der Waals surface area contributed by atoms with Gasteiger partial charge in [-0.3, -0.25) is 4.99 Å². The fraction of sp³-hybridized carbons (Fsp3) is 0.250. The monoisotopic (exact) mass is 357 g/mol. The lowest BCUT2D eigenvalue weighted by Crippen LogP contribution is -2.09. The molecule has 1 aromatic heterocycles. The molecule has 0 radical (unpaired) electrons. The summed E-state index contributed by atoms with van der Waals surface area (Å²) in [5, 5.41) is 11.3. The SMILES string of the molecule is Cc1ccc2oc(-c3ccc(Cl)cc3)cc(=NCCOCCO)c2c1. The molecule has 0 aliphatic heterocycles. The zero-order chi connectivity index (χ0) is 17.6. The van der Waals surface area contributed by atoms with Crippen LogP contribution in [0.5, 0.6) is 0 Å². The summed E-state index contributed by atoms with van der Waals surface area (Å²) in [6, 6.07) is 15.5. The van der Waals surface area contributed by atoms with Gasteiger partial charge in [-0.05, 0) is 43.3 Å². The van der Waals surface area contributed by atoms with Crippen LogP contribution >= 0.6 is 11.6 Å². The van der Waals surface area contributed by atoms with Crippen molar-refractivity contribution in [2.24, 2.45) is 4.99 Å². The topological polar surface area (TPSA) is 55.0 Å². The van der Waals surface area contributed by atoms with E-state index in [-0.39, 0.29) is 6.61 Å². The lowest BCUT2D eigenvalue weighted by Gasteiger charge is -2.06. The molecule has 3 aromatic rings. The molecule has 0 atom stereocenters. The highest BCUT2D eigenvalue weighted by Gasteiger charge is 2.06. The summed E-state index contributed by atoms with van der Waals surface area (Å²) in [5.74, 6) is 0.739. The van der Waals surface area contributed by atoms with E-state index < -0.39 is 0 Å². The Morgan fingerprint density at radius 2 is 1.88 bits per heavy atom. The predicted octanol–water partition coefficient (Wildman–Crippen LogP) is 3.97. The summed E-state index contributed by atoms with van der Waals surface area (Å²) in [5.41, 5.74) is 2.88. The lowest BCUT2D eigenvalue weighted by atomic mass is 10.1. The van der Waals surface area contributed by atoms with Crippen molar-refractivity contribution in [2.75, 3.05) is 26.4 Å². The number of aryl methyl sites for hydroxylation is 1. The molecule has 0 fully saturated rings. The summed E-state index contributed by atoms with van der Waals surface area (Å²) in [7, 11) is 0. The van der Waals surface area contributed by atoms with E-state index in [0.29, 0.717) is 24.8 Å². The maximum absolute atomic E-state index is 8.76. The molecule has 0 amide bonds. The number of halogens is 1. The molecular weight excluding hydrogens is 338 g/mol. The van der Waals surface area contributed by atoms with E-state index in [9.17, 15) is 0 Å². The summed E-state index contributed by atoms with van der Waals surface area (Å²) >= 11 is 5.97. The van der Waals surface area contributed by atoms with Gasteiger partial charge in [-0.2, -0.15) is 0 Å². The smallest absolute Gasteiger partial charge is 0.136 e. The molecule has 4 nitrogen and oxygen atoms in total. The van der Waals surface area contributed by atoms with Crippen LogP contribution in [0.15, 0.2) is 57.9 Å². The summed E-state index contributed by atoms with van der Waals surface area (Å²) in [6.45, 7) is 3.38. The average molecular weight is 358 g/mol. The third kappa shape index (κ3) is 4.48. The van der Waals surface area contributed by atoms with Crippen LogP contribution in [0, 0.1) is 6.92 Å². The van der Waals surface area contributed by atoms with Crippen LogP contribution in [0.25, 0.3) is 22.3 Å². The first-order valence-electron chi connectivity index (χ1n) is 8.17. The molecule has 0 spiro atoms. The Labute approximate surface area is 151 Å². The highest BCUT2D eigenvalue weighted by molar-refractivity contribution is 6.30. The Hall–Kier alpha value is -2.14. The molecule has 2 aromatic carbocycles. The number of nitrogens with zero attached hydrogens (tertiary/aromatic N) is 1. The van der Waals surface area contributed by atoms with Crippen molar-refractivity contribution in [3.05, 3.63) is 64.5 Å². The van der Waals surface area contributed by atoms with Crippen LogP contribution in [0.4, 0.5) is 0 Å². The van der Waals surface area contributed by atoms with E-state index in [1.54, 1.807) is 0 Å². The van der Waals surface area contributed by atoms with Crippen molar-refractivity contribution in [1.29, 1.82) is 0 Å². The van der Waals surface area contributed by atoms with E-state index in [0.717, 1.165) is 33.2 Å². The number of rotatable bonds is 6. The van der Waals surface area contributed by atoms with Gasteiger partial charge in [0.05, 0.1) is 31.7 Å². The molecule has 0 aliphatic rings. The van der Waals surface area contributed by atoms with Crippen molar-refractivity contribution in [2.45, 2.75) is 6.92 Å². The molecule has 0 bridgehead atoms. The fourth-order valence-electron chi connectivity index (χ4n) is 2.57. The minimum absolute atomic E-state index is 0.0209. The van der Waals surface area contributed by atoms with Gasteiger partial charge in [0.15, 0.2) is 0 Å². The molecule has 3 rings (SSSR count). The minimum atomic E-state index is 0.0209. The van der Waals surface area contributed by atoms with Crippen molar-refractivity contribution in [3.8, 4) is 11.3 Å². The highest BCUT2D eigenvalue weighted by atomic mass is 35.5. The van der Waals surface area contributed by atoms with E-state index in [1.165, 1.54) is 0 Å². The van der Waals surface area contributed by atoms with Crippen LogP contribution in [-0.4, -0.2) is 31.5 Å². The molecule has 0 aliphatic carbocycles. The minimum Gasteiger partial charge on any atom is -0.456 e. The highest BCUT2D eigenvalue weighted by Crippen LogP contribution is 2.24.